The number of aliphatic hydroxyl groups excluding tert-OH is 1. The minimum atomic E-state index is -0.638. The van der Waals surface area contributed by atoms with Gasteiger partial charge in [0, 0.05) is 6.42 Å². The molecule has 0 aromatic heterocycles. The van der Waals surface area contributed by atoms with Gasteiger partial charge in [-0.2, -0.15) is 0 Å². The molecule has 1 heterocycles. The second-order valence-corrected chi connectivity index (χ2v) is 2.23. The lowest BCUT2D eigenvalue weighted by atomic mass is 10.2. The summed E-state index contributed by atoms with van der Waals surface area (Å²) in [5.41, 5.74) is 0. The number of hydrogen-bond donors (Lipinski definition) is 1. The van der Waals surface area contributed by atoms with E-state index >= 15 is 0 Å². The van der Waals surface area contributed by atoms with Crippen molar-refractivity contribution < 1.29 is 14.6 Å². The third-order valence-electron chi connectivity index (χ3n) is 1.43. The van der Waals surface area contributed by atoms with Crippen LogP contribution in [0.5, 0.6) is 0 Å². The summed E-state index contributed by atoms with van der Waals surface area (Å²) < 4.78 is 4.97. The molecule has 1 N–H and O–H groups in total. The number of hydrogen-bond acceptors (Lipinski definition) is 3. The van der Waals surface area contributed by atoms with Crippen LogP contribution >= 0.6 is 0 Å². The van der Waals surface area contributed by atoms with Crippen LogP contribution in [0.3, 0.4) is 0 Å². The Morgan fingerprint density at radius 1 is 1.50 bits per heavy atom. The average molecular weight is 142 g/mol. The fourth-order valence-corrected chi connectivity index (χ4v) is 0.956. The zero-order valence-electron chi connectivity index (χ0n) is 5.56. The van der Waals surface area contributed by atoms with Crippen LogP contribution in [0.4, 0.5) is 0 Å². The molecule has 1 aliphatic heterocycles. The number of rotatable bonds is 2. The smallest absolute Gasteiger partial charge is 0.155 e. The normalized spacial score (nSPS) is 33.3. The van der Waals surface area contributed by atoms with Gasteiger partial charge in [0.15, 0.2) is 6.29 Å². The van der Waals surface area contributed by atoms with E-state index < -0.39 is 6.29 Å². The molecule has 56 valence electrons. The molecule has 1 saturated heterocycles. The van der Waals surface area contributed by atoms with Crippen molar-refractivity contribution in [1.29, 1.82) is 0 Å². The van der Waals surface area contributed by atoms with E-state index in [-0.39, 0.29) is 6.10 Å². The van der Waals surface area contributed by atoms with E-state index in [2.05, 4.69) is 0 Å². The van der Waals surface area contributed by atoms with Crippen LogP contribution in [-0.4, -0.2) is 23.8 Å². The second kappa shape index (κ2) is 3.49. The third-order valence-corrected chi connectivity index (χ3v) is 1.43. The van der Waals surface area contributed by atoms with Crippen molar-refractivity contribution in [2.45, 2.75) is 25.2 Å². The van der Waals surface area contributed by atoms with Gasteiger partial charge in [0.05, 0.1) is 6.10 Å². The quantitative estimate of drug-likeness (QED) is 0.443. The van der Waals surface area contributed by atoms with Crippen molar-refractivity contribution >= 4 is 6.29 Å². The molecule has 0 bridgehead atoms. The Morgan fingerprint density at radius 3 is 2.80 bits per heavy atom. The first-order valence-electron chi connectivity index (χ1n) is 3.28. The number of aldehydes is 1. The molecule has 0 amide bonds. The number of allylic oxidation sites excluding steroid dienone is 1. The Balaban J connectivity index is 2.30. The summed E-state index contributed by atoms with van der Waals surface area (Å²) in [6, 6.07) is 0. The Hall–Kier alpha value is -0.670. The van der Waals surface area contributed by atoms with E-state index in [1.165, 1.54) is 6.08 Å². The highest BCUT2D eigenvalue weighted by atomic mass is 16.6. The fraction of sp³-hybridized carbons (Fsp3) is 0.571. The minimum absolute atomic E-state index is 0.0693. The highest BCUT2D eigenvalue weighted by Crippen LogP contribution is 2.17. The molecule has 0 spiro atoms. The predicted molar refractivity (Wildman–Crippen MR) is 35.3 cm³/mol. The van der Waals surface area contributed by atoms with E-state index in [0.717, 1.165) is 6.42 Å². The van der Waals surface area contributed by atoms with Crippen LogP contribution in [0.1, 0.15) is 12.8 Å². The Kier molecular flexibility index (Phi) is 2.59. The van der Waals surface area contributed by atoms with E-state index in [4.69, 9.17) is 9.84 Å². The zero-order chi connectivity index (χ0) is 7.40. The van der Waals surface area contributed by atoms with Crippen LogP contribution in [0.25, 0.3) is 0 Å². The lowest BCUT2D eigenvalue weighted by molar-refractivity contribution is -0.104. The first-order valence-corrected chi connectivity index (χ1v) is 3.28. The molecule has 0 aliphatic carbocycles. The number of carbonyl (C=O) groups is 1. The van der Waals surface area contributed by atoms with E-state index in [0.29, 0.717) is 12.7 Å². The predicted octanol–water partition coefficient (Wildman–Crippen LogP) is 0.239. The highest BCUT2D eigenvalue weighted by Gasteiger charge is 2.20. The maximum Gasteiger partial charge on any atom is 0.155 e. The van der Waals surface area contributed by atoms with E-state index in [1.54, 1.807) is 6.08 Å². The van der Waals surface area contributed by atoms with Gasteiger partial charge in [-0.3, -0.25) is 4.79 Å². The molecule has 2 atom stereocenters. The van der Waals surface area contributed by atoms with Crippen molar-refractivity contribution in [3.63, 3.8) is 0 Å². The largest absolute Gasteiger partial charge is 0.368 e. The molecule has 0 saturated carbocycles. The minimum Gasteiger partial charge on any atom is -0.368 e. The van der Waals surface area contributed by atoms with Crippen molar-refractivity contribution in [3.8, 4) is 0 Å². The van der Waals surface area contributed by atoms with Crippen molar-refractivity contribution in [3.05, 3.63) is 12.2 Å². The van der Waals surface area contributed by atoms with Crippen LogP contribution in [0, 0.1) is 0 Å². The van der Waals surface area contributed by atoms with Crippen LogP contribution < -0.4 is 0 Å². The molecule has 1 fully saturated rings. The van der Waals surface area contributed by atoms with Crippen molar-refractivity contribution in [1.82, 2.24) is 0 Å². The Bertz CT molecular complexity index is 142. The fourth-order valence-electron chi connectivity index (χ4n) is 0.956. The standard InChI is InChI=1S/C7H10O3/c8-5-1-2-6-3-4-7(9)10-6/h1-2,5-7,9H,3-4H2. The van der Waals surface area contributed by atoms with Gasteiger partial charge in [0.25, 0.3) is 0 Å². The van der Waals surface area contributed by atoms with Gasteiger partial charge >= 0.3 is 0 Å². The third kappa shape index (κ3) is 1.93. The first-order chi connectivity index (χ1) is 4.83. The van der Waals surface area contributed by atoms with Gasteiger partial charge < -0.3 is 9.84 Å². The van der Waals surface area contributed by atoms with Crippen LogP contribution in [-0.2, 0) is 9.53 Å². The first kappa shape index (κ1) is 7.44. The summed E-state index contributed by atoms with van der Waals surface area (Å²) in [5, 5.41) is 8.85. The summed E-state index contributed by atoms with van der Waals surface area (Å²) in [5.74, 6) is 0. The SMILES string of the molecule is O=CC=CC1CCC(O)O1. The number of ether oxygens (including phenoxy) is 1. The molecule has 0 radical (unpaired) electrons. The monoisotopic (exact) mass is 142 g/mol. The van der Waals surface area contributed by atoms with Gasteiger partial charge in [0.1, 0.15) is 6.29 Å². The summed E-state index contributed by atoms with van der Waals surface area (Å²) in [6.07, 6.45) is 4.50. The second-order valence-electron chi connectivity index (χ2n) is 2.23. The highest BCUT2D eigenvalue weighted by molar-refractivity contribution is 5.64. The Labute approximate surface area is 59.3 Å². The van der Waals surface area contributed by atoms with E-state index in [1.807, 2.05) is 0 Å². The molecule has 10 heavy (non-hydrogen) atoms. The van der Waals surface area contributed by atoms with Crippen molar-refractivity contribution in [2.75, 3.05) is 0 Å². The van der Waals surface area contributed by atoms with Gasteiger partial charge in [-0.05, 0) is 12.5 Å². The summed E-state index contributed by atoms with van der Waals surface area (Å²) >= 11 is 0. The molecule has 3 nitrogen and oxygen atoms in total. The molecular formula is C7H10O3. The molecule has 0 aromatic rings. The van der Waals surface area contributed by atoms with Gasteiger partial charge in [-0.25, -0.2) is 0 Å². The molecule has 3 heteroatoms. The van der Waals surface area contributed by atoms with Gasteiger partial charge in [-0.1, -0.05) is 6.08 Å². The lowest BCUT2D eigenvalue weighted by Crippen LogP contribution is -2.06. The van der Waals surface area contributed by atoms with Gasteiger partial charge in [0.2, 0.25) is 0 Å². The Morgan fingerprint density at radius 2 is 2.30 bits per heavy atom. The maximum atomic E-state index is 9.84. The molecule has 0 aromatic carbocycles. The molecule has 1 aliphatic rings. The summed E-state index contributed by atoms with van der Waals surface area (Å²) in [4.78, 5) is 9.84. The molecular weight excluding hydrogens is 132 g/mol. The zero-order valence-corrected chi connectivity index (χ0v) is 5.56. The summed E-state index contributed by atoms with van der Waals surface area (Å²) in [6.45, 7) is 0. The molecule has 2 unspecified atom stereocenters. The number of aliphatic hydroxyl groups is 1. The average Bonchev–Trinajstić information content (AvgIpc) is 2.31. The number of carbonyl (C=O) groups excluding carboxylic acids is 1. The summed E-state index contributed by atoms with van der Waals surface area (Å²) in [7, 11) is 0. The van der Waals surface area contributed by atoms with Crippen LogP contribution in [0.15, 0.2) is 12.2 Å². The molecule has 1 rings (SSSR count). The lowest BCUT2D eigenvalue weighted by Gasteiger charge is -2.02. The van der Waals surface area contributed by atoms with Crippen LogP contribution in [0.2, 0.25) is 0 Å². The topological polar surface area (TPSA) is 46.5 Å². The van der Waals surface area contributed by atoms with Gasteiger partial charge in [-0.15, -0.1) is 0 Å². The van der Waals surface area contributed by atoms with E-state index in [9.17, 15) is 4.79 Å². The van der Waals surface area contributed by atoms with Crippen molar-refractivity contribution in [2.24, 2.45) is 0 Å². The maximum absolute atomic E-state index is 9.84.